The maximum Gasteiger partial charge on any atom is 0.259 e. The number of rotatable bonds is 0. The van der Waals surface area contributed by atoms with Crippen molar-refractivity contribution in [1.82, 2.24) is 15.2 Å². The number of carbonyl (C=O) groups excluding carboxylic acids is 2. The summed E-state index contributed by atoms with van der Waals surface area (Å²) < 4.78 is 2.42. The van der Waals surface area contributed by atoms with Gasteiger partial charge in [-0.15, -0.1) is 12.4 Å². The largest absolute Gasteiger partial charge is 0.372 e. The molecule has 0 spiro atoms. The smallest absolute Gasteiger partial charge is 0.259 e. The van der Waals surface area contributed by atoms with Gasteiger partial charge in [-0.1, -0.05) is 36.5 Å². The van der Waals surface area contributed by atoms with E-state index in [4.69, 9.17) is 0 Å². The van der Waals surface area contributed by atoms with Gasteiger partial charge in [-0.3, -0.25) is 14.9 Å². The zero-order chi connectivity index (χ0) is 20.7. The number of aryl methyl sites for hydroxylation is 1. The molecule has 0 saturated heterocycles. The molecule has 2 amide bonds. The third kappa shape index (κ3) is 2.39. The number of anilines is 1. The highest BCUT2D eigenvalue weighted by Crippen LogP contribution is 2.37. The van der Waals surface area contributed by atoms with Gasteiger partial charge in [0.2, 0.25) is 0 Å². The second-order valence-corrected chi connectivity index (χ2v) is 8.82. The summed E-state index contributed by atoms with van der Waals surface area (Å²) in [5.41, 5.74) is 6.68. The number of allylic oxidation sites excluding steroid dienone is 3. The average Bonchev–Trinajstić information content (AvgIpc) is 3.42. The first kappa shape index (κ1) is 19.6. The molecule has 1 aromatic carbocycles. The van der Waals surface area contributed by atoms with Crippen LogP contribution < -0.4 is 26.5 Å². The predicted octanol–water partition coefficient (Wildman–Crippen LogP) is 1.66. The van der Waals surface area contributed by atoms with Gasteiger partial charge >= 0.3 is 0 Å². The van der Waals surface area contributed by atoms with Crippen molar-refractivity contribution < 1.29 is 9.59 Å². The fourth-order valence-corrected chi connectivity index (χ4v) is 5.94. The van der Waals surface area contributed by atoms with Gasteiger partial charge in [-0.05, 0) is 42.5 Å². The highest BCUT2D eigenvalue weighted by atomic mass is 35.5. The van der Waals surface area contributed by atoms with Gasteiger partial charge in [-0.25, -0.2) is 0 Å². The molecule has 0 bridgehead atoms. The zero-order valence-corrected chi connectivity index (χ0v) is 18.3. The molecule has 0 saturated carbocycles. The standard InChI is InChI=1S/C25H22N4O2.ClH/c30-24-19-17-14-7-1-2-9-16(14)27-21(17)23-18(20(19)25(31)28-24)15-8-5-6-13-12-26-10-3-4-11-29(23)22(13)15;/h1-2,5-7,9,16,26-27H,3-4,8,10-12H2,(H,28,30,31);1H. The lowest BCUT2D eigenvalue weighted by atomic mass is 9.93. The van der Waals surface area contributed by atoms with E-state index >= 15 is 0 Å². The van der Waals surface area contributed by atoms with Gasteiger partial charge in [0.15, 0.2) is 0 Å². The number of nitrogens with zero attached hydrogens (tertiary/aromatic N) is 1. The highest BCUT2D eigenvalue weighted by Gasteiger charge is 2.39. The fraction of sp³-hybridized carbons (Fsp3) is 0.280. The monoisotopic (exact) mass is 446 g/mol. The van der Waals surface area contributed by atoms with E-state index in [0.29, 0.717) is 11.1 Å². The minimum Gasteiger partial charge on any atom is -0.372 e. The molecule has 7 heteroatoms. The summed E-state index contributed by atoms with van der Waals surface area (Å²) in [6, 6.07) is 0.0255. The first-order valence-corrected chi connectivity index (χ1v) is 11.1. The van der Waals surface area contributed by atoms with Crippen LogP contribution in [-0.2, 0) is 13.0 Å². The molecule has 5 aliphatic rings. The number of carbonyl (C=O) groups is 2. The maximum atomic E-state index is 13.1. The van der Waals surface area contributed by atoms with Crippen LogP contribution in [0.3, 0.4) is 0 Å². The minimum atomic E-state index is -0.282. The Morgan fingerprint density at radius 3 is 2.81 bits per heavy atom. The van der Waals surface area contributed by atoms with Crippen molar-refractivity contribution >= 4 is 52.0 Å². The summed E-state index contributed by atoms with van der Waals surface area (Å²) in [6.45, 7) is 2.72. The molecule has 0 fully saturated rings. The van der Waals surface area contributed by atoms with Crippen LogP contribution in [-0.4, -0.2) is 35.5 Å². The molecule has 7 rings (SSSR count). The number of benzene rings is 1. The molecule has 1 aromatic heterocycles. The van der Waals surface area contributed by atoms with E-state index < -0.39 is 0 Å². The van der Waals surface area contributed by atoms with Crippen molar-refractivity contribution in [2.24, 2.45) is 0 Å². The Bertz CT molecular complexity index is 1460. The number of hydrogen-bond donors (Lipinski definition) is 3. The van der Waals surface area contributed by atoms with E-state index in [9.17, 15) is 9.59 Å². The minimum absolute atomic E-state index is 0. The molecule has 1 unspecified atom stereocenters. The van der Waals surface area contributed by atoms with Gasteiger partial charge in [0.25, 0.3) is 11.8 Å². The summed E-state index contributed by atoms with van der Waals surface area (Å²) in [7, 11) is 0. The Balaban J connectivity index is 0.00000196. The molecule has 4 heterocycles. The lowest BCUT2D eigenvalue weighted by Gasteiger charge is -2.14. The fourth-order valence-electron chi connectivity index (χ4n) is 5.94. The maximum absolute atomic E-state index is 13.1. The lowest BCUT2D eigenvalue weighted by Crippen LogP contribution is -2.27. The van der Waals surface area contributed by atoms with Crippen molar-refractivity contribution in [2.75, 3.05) is 18.4 Å². The number of amides is 2. The lowest BCUT2D eigenvalue weighted by molar-refractivity contribution is 0.0880. The van der Waals surface area contributed by atoms with Crippen molar-refractivity contribution in [2.45, 2.75) is 31.8 Å². The molecule has 2 aromatic rings. The molecular weight excluding hydrogens is 424 g/mol. The van der Waals surface area contributed by atoms with Gasteiger partial charge in [0.1, 0.15) is 0 Å². The average molecular weight is 447 g/mol. The molecule has 1 atom stereocenters. The topological polar surface area (TPSA) is 75.2 Å². The van der Waals surface area contributed by atoms with E-state index in [-0.39, 0.29) is 30.3 Å². The first-order chi connectivity index (χ1) is 15.2. The van der Waals surface area contributed by atoms with Crippen LogP contribution in [0.15, 0.2) is 36.5 Å². The Kier molecular flexibility index (Phi) is 4.26. The van der Waals surface area contributed by atoms with E-state index in [1.165, 1.54) is 16.5 Å². The third-order valence-corrected chi connectivity index (χ3v) is 7.14. The van der Waals surface area contributed by atoms with E-state index in [2.05, 4.69) is 44.8 Å². The van der Waals surface area contributed by atoms with Gasteiger partial charge in [0, 0.05) is 29.0 Å². The van der Waals surface area contributed by atoms with Crippen molar-refractivity contribution in [3.8, 4) is 0 Å². The second kappa shape index (κ2) is 6.95. The molecule has 32 heavy (non-hydrogen) atoms. The van der Waals surface area contributed by atoms with Crippen LogP contribution in [0.1, 0.15) is 39.1 Å². The third-order valence-electron chi connectivity index (χ3n) is 7.14. The first-order valence-electron chi connectivity index (χ1n) is 11.1. The number of halogens is 1. The Morgan fingerprint density at radius 1 is 1.03 bits per heavy atom. The molecule has 2 aliphatic carbocycles. The van der Waals surface area contributed by atoms with Crippen molar-refractivity contribution in [3.05, 3.63) is 63.7 Å². The Hall–Kier alpha value is -3.09. The second-order valence-electron chi connectivity index (χ2n) is 8.82. The van der Waals surface area contributed by atoms with E-state index in [1.54, 1.807) is 0 Å². The van der Waals surface area contributed by atoms with Crippen LogP contribution in [0.4, 0.5) is 5.69 Å². The van der Waals surface area contributed by atoms with Gasteiger partial charge < -0.3 is 15.2 Å². The normalized spacial score (nSPS) is 22.3. The van der Waals surface area contributed by atoms with Gasteiger partial charge in [0.05, 0.1) is 28.4 Å². The predicted molar refractivity (Wildman–Crippen MR) is 128 cm³/mol. The summed E-state index contributed by atoms with van der Waals surface area (Å²) in [4.78, 5) is 26.1. The highest BCUT2D eigenvalue weighted by molar-refractivity contribution is 6.29. The van der Waals surface area contributed by atoms with Crippen LogP contribution in [0.5, 0.6) is 0 Å². The summed E-state index contributed by atoms with van der Waals surface area (Å²) in [6.07, 6.45) is 15.6. The number of aromatic nitrogens is 1. The quantitative estimate of drug-likeness (QED) is 0.538. The van der Waals surface area contributed by atoms with Crippen LogP contribution >= 0.6 is 12.4 Å². The number of imide groups is 1. The van der Waals surface area contributed by atoms with Crippen LogP contribution in [0, 0.1) is 0 Å². The SMILES string of the molecule is Cl.O=C1NC(=O)c2c1c1c(c3c2c2c4n3CCCCNCC=4C=CC2)NC2C=CC=CC=12. The zero-order valence-electron chi connectivity index (χ0n) is 17.5. The Morgan fingerprint density at radius 2 is 1.91 bits per heavy atom. The van der Waals surface area contributed by atoms with Crippen molar-refractivity contribution in [3.63, 3.8) is 0 Å². The van der Waals surface area contributed by atoms with E-state index in [1.807, 2.05) is 12.2 Å². The van der Waals surface area contributed by atoms with Gasteiger partial charge in [-0.2, -0.15) is 0 Å². The van der Waals surface area contributed by atoms with Crippen molar-refractivity contribution in [1.29, 1.82) is 0 Å². The van der Waals surface area contributed by atoms with Crippen LogP contribution in [0.2, 0.25) is 0 Å². The van der Waals surface area contributed by atoms with E-state index in [0.717, 1.165) is 66.3 Å². The summed E-state index contributed by atoms with van der Waals surface area (Å²) in [5, 5.41) is 12.9. The number of fused-ring (bicyclic) bond motifs is 9. The molecular formula is C25H23ClN4O2. The molecule has 0 radical (unpaired) electrons. The van der Waals surface area contributed by atoms with Crippen LogP contribution in [0.25, 0.3) is 22.0 Å². The summed E-state index contributed by atoms with van der Waals surface area (Å²) in [5.74, 6) is -0.552. The Labute approximate surface area is 190 Å². The molecule has 162 valence electrons. The number of hydrogen-bond acceptors (Lipinski definition) is 4. The molecule has 3 N–H and O–H groups in total. The summed E-state index contributed by atoms with van der Waals surface area (Å²) >= 11 is 0. The molecule has 3 aliphatic heterocycles. The molecule has 6 nitrogen and oxygen atoms in total. The number of nitrogens with one attached hydrogen (secondary N) is 3.